The number of anilines is 1. The van der Waals surface area contributed by atoms with Crippen molar-refractivity contribution in [2.45, 2.75) is 13.5 Å². The molecule has 0 saturated heterocycles. The van der Waals surface area contributed by atoms with Gasteiger partial charge >= 0.3 is 6.03 Å². The number of rotatable bonds is 4. The summed E-state index contributed by atoms with van der Waals surface area (Å²) < 4.78 is 2.00. The molecule has 0 bridgehead atoms. The molecule has 0 radical (unpaired) electrons. The standard InChI is InChI=1S/C14H16ClN3O/c1-11-4-5-12(10-13(11)15)17-14(19)16-6-9-18-7-2-3-8-18/h2-5,7-8,10H,6,9H2,1H3,(H2,16,17,19). The van der Waals surface area contributed by atoms with Gasteiger partial charge in [0.05, 0.1) is 0 Å². The van der Waals surface area contributed by atoms with Crippen LogP contribution < -0.4 is 10.6 Å². The predicted octanol–water partition coefficient (Wildman–Crippen LogP) is 3.27. The maximum atomic E-state index is 11.7. The van der Waals surface area contributed by atoms with Crippen LogP contribution in [0.1, 0.15) is 5.56 Å². The summed E-state index contributed by atoms with van der Waals surface area (Å²) in [5.41, 5.74) is 1.68. The molecule has 0 saturated carbocycles. The predicted molar refractivity (Wildman–Crippen MR) is 77.6 cm³/mol. The van der Waals surface area contributed by atoms with E-state index in [-0.39, 0.29) is 6.03 Å². The molecule has 2 N–H and O–H groups in total. The monoisotopic (exact) mass is 277 g/mol. The minimum absolute atomic E-state index is 0.230. The summed E-state index contributed by atoms with van der Waals surface area (Å²) in [5, 5.41) is 6.18. The molecule has 0 aliphatic rings. The van der Waals surface area contributed by atoms with Gasteiger partial charge in [-0.25, -0.2) is 4.79 Å². The second-order valence-electron chi connectivity index (χ2n) is 4.27. The SMILES string of the molecule is Cc1ccc(NC(=O)NCCn2cccc2)cc1Cl. The molecule has 0 unspecified atom stereocenters. The Balaban J connectivity index is 1.79. The molecule has 1 aromatic heterocycles. The first-order valence-corrected chi connectivity index (χ1v) is 6.45. The number of carbonyl (C=O) groups excluding carboxylic acids is 1. The van der Waals surface area contributed by atoms with Gasteiger partial charge in [-0.15, -0.1) is 0 Å². The van der Waals surface area contributed by atoms with Gasteiger partial charge in [0, 0.05) is 36.2 Å². The molecule has 0 atom stereocenters. The first-order chi connectivity index (χ1) is 9.15. The molecule has 0 fully saturated rings. The molecule has 0 spiro atoms. The van der Waals surface area contributed by atoms with Crippen molar-refractivity contribution in [2.24, 2.45) is 0 Å². The summed E-state index contributed by atoms with van der Waals surface area (Å²) in [6.07, 6.45) is 3.92. The molecule has 100 valence electrons. The smallest absolute Gasteiger partial charge is 0.319 e. The summed E-state index contributed by atoms with van der Waals surface area (Å²) >= 11 is 5.99. The zero-order valence-electron chi connectivity index (χ0n) is 10.7. The highest BCUT2D eigenvalue weighted by Gasteiger charge is 2.02. The van der Waals surface area contributed by atoms with Crippen LogP contribution in [-0.4, -0.2) is 17.1 Å². The topological polar surface area (TPSA) is 46.1 Å². The van der Waals surface area contributed by atoms with Gasteiger partial charge < -0.3 is 15.2 Å². The van der Waals surface area contributed by atoms with E-state index in [0.717, 1.165) is 12.1 Å². The molecule has 2 rings (SSSR count). The Hall–Kier alpha value is -1.94. The van der Waals surface area contributed by atoms with Crippen LogP contribution in [0.4, 0.5) is 10.5 Å². The lowest BCUT2D eigenvalue weighted by Crippen LogP contribution is -2.31. The van der Waals surface area contributed by atoms with E-state index in [2.05, 4.69) is 10.6 Å². The van der Waals surface area contributed by atoms with Crippen molar-refractivity contribution in [1.82, 2.24) is 9.88 Å². The molecular formula is C14H16ClN3O. The third kappa shape index (κ3) is 4.03. The third-order valence-electron chi connectivity index (χ3n) is 2.75. The van der Waals surface area contributed by atoms with E-state index in [1.165, 1.54) is 0 Å². The van der Waals surface area contributed by atoms with Crippen LogP contribution in [0, 0.1) is 6.92 Å². The Labute approximate surface area is 117 Å². The van der Waals surface area contributed by atoms with Crippen LogP contribution in [0.25, 0.3) is 0 Å². The minimum Gasteiger partial charge on any atom is -0.353 e. The summed E-state index contributed by atoms with van der Waals surface area (Å²) in [7, 11) is 0. The summed E-state index contributed by atoms with van der Waals surface area (Å²) in [6, 6.07) is 9.11. The van der Waals surface area contributed by atoms with Gasteiger partial charge in [0.15, 0.2) is 0 Å². The molecular weight excluding hydrogens is 262 g/mol. The average Bonchev–Trinajstić information content (AvgIpc) is 2.87. The van der Waals surface area contributed by atoms with Crippen LogP contribution in [0.3, 0.4) is 0 Å². The van der Waals surface area contributed by atoms with Crippen LogP contribution >= 0.6 is 11.6 Å². The van der Waals surface area contributed by atoms with Crippen LogP contribution in [0.15, 0.2) is 42.7 Å². The Morgan fingerprint density at radius 2 is 2.05 bits per heavy atom. The fraction of sp³-hybridized carbons (Fsp3) is 0.214. The number of aryl methyl sites for hydroxylation is 1. The number of hydrogen-bond donors (Lipinski definition) is 2. The van der Waals surface area contributed by atoms with Gasteiger partial charge in [0.2, 0.25) is 0 Å². The number of nitrogens with zero attached hydrogens (tertiary/aromatic N) is 1. The summed E-state index contributed by atoms with van der Waals surface area (Å²) in [5.74, 6) is 0. The van der Waals surface area contributed by atoms with E-state index >= 15 is 0 Å². The van der Waals surface area contributed by atoms with Crippen molar-refractivity contribution in [2.75, 3.05) is 11.9 Å². The highest BCUT2D eigenvalue weighted by atomic mass is 35.5. The fourth-order valence-electron chi connectivity index (χ4n) is 1.66. The number of carbonyl (C=O) groups is 1. The molecule has 4 nitrogen and oxygen atoms in total. The second-order valence-corrected chi connectivity index (χ2v) is 4.67. The number of aromatic nitrogens is 1. The van der Waals surface area contributed by atoms with Crippen molar-refractivity contribution in [1.29, 1.82) is 0 Å². The van der Waals surface area contributed by atoms with E-state index < -0.39 is 0 Å². The largest absolute Gasteiger partial charge is 0.353 e. The van der Waals surface area contributed by atoms with Crippen LogP contribution in [0.5, 0.6) is 0 Å². The molecule has 19 heavy (non-hydrogen) atoms. The first kappa shape index (κ1) is 13.5. The van der Waals surface area contributed by atoms with E-state index in [9.17, 15) is 4.79 Å². The molecule has 1 heterocycles. The number of nitrogens with one attached hydrogen (secondary N) is 2. The van der Waals surface area contributed by atoms with Gasteiger partial charge in [-0.1, -0.05) is 17.7 Å². The Morgan fingerprint density at radius 3 is 2.74 bits per heavy atom. The molecule has 2 amide bonds. The normalized spacial score (nSPS) is 10.2. The number of urea groups is 1. The van der Waals surface area contributed by atoms with E-state index in [0.29, 0.717) is 17.3 Å². The lowest BCUT2D eigenvalue weighted by Gasteiger charge is -2.09. The van der Waals surface area contributed by atoms with Gasteiger partial charge in [0.1, 0.15) is 0 Å². The third-order valence-corrected chi connectivity index (χ3v) is 3.16. The summed E-state index contributed by atoms with van der Waals surface area (Å²) in [4.78, 5) is 11.7. The van der Waals surface area contributed by atoms with Crippen molar-refractivity contribution < 1.29 is 4.79 Å². The summed E-state index contributed by atoms with van der Waals surface area (Å²) in [6.45, 7) is 3.23. The minimum atomic E-state index is -0.230. The maximum absolute atomic E-state index is 11.7. The molecule has 0 aliphatic heterocycles. The average molecular weight is 278 g/mol. The van der Waals surface area contributed by atoms with E-state index in [1.807, 2.05) is 48.1 Å². The van der Waals surface area contributed by atoms with Gasteiger partial charge in [-0.3, -0.25) is 0 Å². The quantitative estimate of drug-likeness (QED) is 0.885. The molecule has 5 heteroatoms. The second kappa shape index (κ2) is 6.29. The Bertz CT molecular complexity index is 552. The highest BCUT2D eigenvalue weighted by Crippen LogP contribution is 2.19. The zero-order valence-corrected chi connectivity index (χ0v) is 11.4. The number of amides is 2. The fourth-order valence-corrected chi connectivity index (χ4v) is 1.84. The van der Waals surface area contributed by atoms with Crippen molar-refractivity contribution in [3.05, 3.63) is 53.3 Å². The van der Waals surface area contributed by atoms with Gasteiger partial charge in [0.25, 0.3) is 0 Å². The number of benzene rings is 1. The van der Waals surface area contributed by atoms with Crippen LogP contribution in [-0.2, 0) is 6.54 Å². The van der Waals surface area contributed by atoms with Gasteiger partial charge in [-0.05, 0) is 36.8 Å². The lowest BCUT2D eigenvalue weighted by molar-refractivity contribution is 0.251. The van der Waals surface area contributed by atoms with E-state index in [1.54, 1.807) is 6.07 Å². The Morgan fingerprint density at radius 1 is 1.32 bits per heavy atom. The first-order valence-electron chi connectivity index (χ1n) is 6.07. The molecule has 2 aromatic rings. The highest BCUT2D eigenvalue weighted by molar-refractivity contribution is 6.31. The van der Waals surface area contributed by atoms with Crippen molar-refractivity contribution >= 4 is 23.3 Å². The van der Waals surface area contributed by atoms with Gasteiger partial charge in [-0.2, -0.15) is 0 Å². The van der Waals surface area contributed by atoms with Crippen molar-refractivity contribution in [3.63, 3.8) is 0 Å². The van der Waals surface area contributed by atoms with Crippen molar-refractivity contribution in [3.8, 4) is 0 Å². The Kier molecular flexibility index (Phi) is 4.47. The molecule has 1 aromatic carbocycles. The van der Waals surface area contributed by atoms with E-state index in [4.69, 9.17) is 11.6 Å². The molecule has 0 aliphatic carbocycles. The number of halogens is 1. The maximum Gasteiger partial charge on any atom is 0.319 e. The van der Waals surface area contributed by atoms with Crippen LogP contribution in [0.2, 0.25) is 5.02 Å². The zero-order chi connectivity index (χ0) is 13.7. The number of hydrogen-bond acceptors (Lipinski definition) is 1. The lowest BCUT2D eigenvalue weighted by atomic mass is 10.2.